The van der Waals surface area contributed by atoms with Gasteiger partial charge >= 0.3 is 11.7 Å². The van der Waals surface area contributed by atoms with Gasteiger partial charge in [-0.05, 0) is 18.2 Å². The first-order chi connectivity index (χ1) is 15.8. The third-order valence-corrected chi connectivity index (χ3v) is 5.91. The summed E-state index contributed by atoms with van der Waals surface area (Å²) in [5.74, 6) is -0.973. The first kappa shape index (κ1) is 22.6. The highest BCUT2D eigenvalue weighted by atomic mass is 35.5. The molecule has 1 fully saturated rings. The van der Waals surface area contributed by atoms with Crippen molar-refractivity contribution >= 4 is 40.3 Å². The molecule has 0 unspecified atom stereocenters. The van der Waals surface area contributed by atoms with Gasteiger partial charge in [-0.2, -0.15) is 0 Å². The van der Waals surface area contributed by atoms with Gasteiger partial charge in [-0.3, -0.25) is 23.5 Å². The molecule has 0 N–H and O–H groups in total. The van der Waals surface area contributed by atoms with E-state index in [0.717, 1.165) is 10.3 Å². The second kappa shape index (κ2) is 9.10. The molecule has 3 heterocycles. The predicted molar refractivity (Wildman–Crippen MR) is 121 cm³/mol. The summed E-state index contributed by atoms with van der Waals surface area (Å²) in [5.41, 5.74) is 0.204. The van der Waals surface area contributed by atoms with Gasteiger partial charge in [-0.15, -0.1) is 0 Å². The first-order valence-electron chi connectivity index (χ1n) is 10.3. The number of hydrogen-bond acceptors (Lipinski definition) is 7. The number of carbonyl (C=O) groups is 2. The molecular weight excluding hydrogens is 452 g/mol. The lowest BCUT2D eigenvalue weighted by atomic mass is 10.2. The summed E-state index contributed by atoms with van der Waals surface area (Å²) in [5, 5.41) is 0.656. The third kappa shape index (κ3) is 4.49. The molecule has 11 nitrogen and oxygen atoms in total. The highest BCUT2D eigenvalue weighted by Crippen LogP contribution is 2.20. The van der Waals surface area contributed by atoms with Crippen molar-refractivity contribution in [1.29, 1.82) is 0 Å². The lowest BCUT2D eigenvalue weighted by Gasteiger charge is -2.36. The maximum absolute atomic E-state index is 12.5. The summed E-state index contributed by atoms with van der Waals surface area (Å²) in [6, 6.07) is 7.54. The van der Waals surface area contributed by atoms with Crippen molar-refractivity contribution in [2.45, 2.75) is 6.54 Å². The summed E-state index contributed by atoms with van der Waals surface area (Å²) < 4.78 is 8.63. The summed E-state index contributed by atoms with van der Waals surface area (Å²) in [4.78, 5) is 57.1. The van der Waals surface area contributed by atoms with Gasteiger partial charge in [0, 0.05) is 51.0 Å². The van der Waals surface area contributed by atoms with E-state index in [9.17, 15) is 19.2 Å². The number of aromatic nitrogens is 4. The van der Waals surface area contributed by atoms with E-state index in [1.54, 1.807) is 4.90 Å². The molecule has 1 saturated heterocycles. The molecule has 0 spiro atoms. The summed E-state index contributed by atoms with van der Waals surface area (Å²) in [6.45, 7) is 1.59. The smallest absolute Gasteiger partial charge is 0.332 e. The minimum atomic E-state index is -0.684. The summed E-state index contributed by atoms with van der Waals surface area (Å²) >= 11 is 6.05. The van der Waals surface area contributed by atoms with Crippen molar-refractivity contribution in [1.82, 2.24) is 23.6 Å². The van der Waals surface area contributed by atoms with Gasteiger partial charge in [0.25, 0.3) is 11.5 Å². The molecule has 3 aromatic rings. The molecule has 1 amide bonds. The molecule has 0 aliphatic carbocycles. The van der Waals surface area contributed by atoms with Gasteiger partial charge < -0.3 is 19.1 Å². The van der Waals surface area contributed by atoms with Gasteiger partial charge in [0.1, 0.15) is 6.54 Å². The van der Waals surface area contributed by atoms with Gasteiger partial charge in [0.05, 0.1) is 6.33 Å². The lowest BCUT2D eigenvalue weighted by molar-refractivity contribution is -0.152. The van der Waals surface area contributed by atoms with Crippen molar-refractivity contribution in [3.63, 3.8) is 0 Å². The fourth-order valence-corrected chi connectivity index (χ4v) is 4.01. The maximum Gasteiger partial charge on any atom is 0.332 e. The Balaban J connectivity index is 1.33. The number of ether oxygens (including phenoxy) is 1. The third-order valence-electron chi connectivity index (χ3n) is 5.68. The average Bonchev–Trinajstić information content (AvgIpc) is 3.23. The van der Waals surface area contributed by atoms with Crippen LogP contribution in [0.5, 0.6) is 0 Å². The van der Waals surface area contributed by atoms with Crippen LogP contribution in [0.4, 0.5) is 5.69 Å². The molecule has 0 bridgehead atoms. The number of imidazole rings is 1. The number of esters is 1. The van der Waals surface area contributed by atoms with E-state index in [0.29, 0.717) is 31.2 Å². The quantitative estimate of drug-likeness (QED) is 0.478. The second-order valence-electron chi connectivity index (χ2n) is 7.76. The molecule has 1 aliphatic rings. The topological polar surface area (TPSA) is 112 Å². The van der Waals surface area contributed by atoms with E-state index in [1.807, 2.05) is 24.3 Å². The van der Waals surface area contributed by atoms with Crippen LogP contribution in [-0.4, -0.2) is 68.2 Å². The number of piperazine rings is 1. The SMILES string of the molecule is Cn1c(=O)c2c(ncn2CC(=O)OCC(=O)N2CCN(c3cccc(Cl)c3)CC2)n(C)c1=O. The molecule has 12 heteroatoms. The van der Waals surface area contributed by atoms with Crippen molar-refractivity contribution in [3.05, 3.63) is 56.5 Å². The Kier molecular flexibility index (Phi) is 6.23. The number of benzene rings is 1. The zero-order valence-electron chi connectivity index (χ0n) is 18.2. The Bertz CT molecular complexity index is 1340. The van der Waals surface area contributed by atoms with Crippen LogP contribution in [0, 0.1) is 0 Å². The van der Waals surface area contributed by atoms with Gasteiger partial charge in [-0.1, -0.05) is 17.7 Å². The molecule has 33 heavy (non-hydrogen) atoms. The Morgan fingerprint density at radius 1 is 1.09 bits per heavy atom. The number of amides is 1. The number of hydrogen-bond donors (Lipinski definition) is 0. The molecule has 0 radical (unpaired) electrons. The molecule has 1 aliphatic heterocycles. The number of halogens is 1. The first-order valence-corrected chi connectivity index (χ1v) is 10.7. The van der Waals surface area contributed by atoms with E-state index in [-0.39, 0.29) is 30.2 Å². The standard InChI is InChI=1S/C21H23ClN6O5/c1-24-19-18(20(31)25(2)21(24)32)28(13-23-19)11-17(30)33-12-16(29)27-8-6-26(7-9-27)15-5-3-4-14(22)10-15/h3-5,10,13H,6-9,11-12H2,1-2H3. The second-order valence-corrected chi connectivity index (χ2v) is 8.20. The maximum atomic E-state index is 12.5. The fourth-order valence-electron chi connectivity index (χ4n) is 3.82. The Morgan fingerprint density at radius 3 is 2.52 bits per heavy atom. The predicted octanol–water partition coefficient (Wildman–Crippen LogP) is -0.0209. The molecule has 2 aromatic heterocycles. The van der Waals surface area contributed by atoms with E-state index >= 15 is 0 Å². The number of fused-ring (bicyclic) bond motifs is 1. The lowest BCUT2D eigenvalue weighted by Crippen LogP contribution is -2.50. The van der Waals surface area contributed by atoms with Crippen LogP contribution in [0.3, 0.4) is 0 Å². The minimum absolute atomic E-state index is 0.111. The van der Waals surface area contributed by atoms with Crippen LogP contribution in [-0.2, 0) is 35.0 Å². The van der Waals surface area contributed by atoms with Crippen LogP contribution in [0.25, 0.3) is 11.2 Å². The fraction of sp³-hybridized carbons (Fsp3) is 0.381. The van der Waals surface area contributed by atoms with E-state index in [2.05, 4.69) is 9.88 Å². The van der Waals surface area contributed by atoms with E-state index in [1.165, 1.54) is 29.6 Å². The van der Waals surface area contributed by atoms with Crippen LogP contribution in [0.15, 0.2) is 40.2 Å². The molecule has 4 rings (SSSR count). The van der Waals surface area contributed by atoms with Gasteiger partial charge in [0.2, 0.25) is 0 Å². The van der Waals surface area contributed by atoms with Crippen LogP contribution in [0.1, 0.15) is 0 Å². The Labute approximate surface area is 193 Å². The highest BCUT2D eigenvalue weighted by molar-refractivity contribution is 6.30. The summed E-state index contributed by atoms with van der Waals surface area (Å²) in [6.07, 6.45) is 1.30. The molecule has 0 atom stereocenters. The van der Waals surface area contributed by atoms with Crippen LogP contribution < -0.4 is 16.1 Å². The number of nitrogens with zero attached hydrogens (tertiary/aromatic N) is 6. The molecule has 1 aromatic carbocycles. The monoisotopic (exact) mass is 474 g/mol. The van der Waals surface area contributed by atoms with Crippen molar-refractivity contribution in [2.24, 2.45) is 14.1 Å². The molecule has 174 valence electrons. The normalized spacial score (nSPS) is 14.0. The zero-order chi connectivity index (χ0) is 23.7. The number of anilines is 1. The van der Waals surface area contributed by atoms with Crippen LogP contribution in [0.2, 0.25) is 5.02 Å². The van der Waals surface area contributed by atoms with Crippen molar-refractivity contribution in [3.8, 4) is 0 Å². The van der Waals surface area contributed by atoms with Gasteiger partial charge in [0.15, 0.2) is 17.8 Å². The van der Waals surface area contributed by atoms with Gasteiger partial charge in [-0.25, -0.2) is 9.78 Å². The summed E-state index contributed by atoms with van der Waals surface area (Å²) in [7, 11) is 2.84. The number of carbonyl (C=O) groups excluding carboxylic acids is 2. The minimum Gasteiger partial charge on any atom is -0.454 e. The Morgan fingerprint density at radius 2 is 1.82 bits per heavy atom. The van der Waals surface area contributed by atoms with Crippen molar-refractivity contribution in [2.75, 3.05) is 37.7 Å². The highest BCUT2D eigenvalue weighted by Gasteiger charge is 2.23. The van der Waals surface area contributed by atoms with E-state index in [4.69, 9.17) is 16.3 Å². The number of aryl methyl sites for hydroxylation is 1. The average molecular weight is 475 g/mol. The molecule has 0 saturated carbocycles. The largest absolute Gasteiger partial charge is 0.454 e. The number of rotatable bonds is 5. The molecular formula is C21H23ClN6O5. The zero-order valence-corrected chi connectivity index (χ0v) is 19.0. The van der Waals surface area contributed by atoms with E-state index < -0.39 is 17.2 Å². The van der Waals surface area contributed by atoms with Crippen LogP contribution >= 0.6 is 11.6 Å². The Hall–Kier alpha value is -3.60. The van der Waals surface area contributed by atoms with Crippen molar-refractivity contribution < 1.29 is 14.3 Å².